The molecule has 1 aliphatic carbocycles. The molecule has 0 atom stereocenters. The molecule has 0 radical (unpaired) electrons. The molecule has 1 aromatic rings. The van der Waals surface area contributed by atoms with Crippen molar-refractivity contribution in [2.24, 2.45) is 5.41 Å². The van der Waals surface area contributed by atoms with Gasteiger partial charge in [-0.05, 0) is 12.8 Å². The summed E-state index contributed by atoms with van der Waals surface area (Å²) in [6.45, 7) is 1.83. The highest BCUT2D eigenvalue weighted by Gasteiger charge is 2.41. The van der Waals surface area contributed by atoms with Crippen molar-refractivity contribution in [3.63, 3.8) is 0 Å². The summed E-state index contributed by atoms with van der Waals surface area (Å²) >= 11 is 0. The van der Waals surface area contributed by atoms with Crippen molar-refractivity contribution in [2.45, 2.75) is 52.0 Å². The van der Waals surface area contributed by atoms with Gasteiger partial charge in [0.25, 0.3) is 0 Å². The normalized spacial score (nSPS) is 17.6. The zero-order valence-electron chi connectivity index (χ0n) is 11.5. The summed E-state index contributed by atoms with van der Waals surface area (Å²) in [6.07, 6.45) is 3.92. The summed E-state index contributed by atoms with van der Waals surface area (Å²) < 4.78 is 4.80. The molecular formula is C13H19N3O4. The maximum Gasteiger partial charge on any atom is 0.310 e. The summed E-state index contributed by atoms with van der Waals surface area (Å²) in [4.78, 5) is 27.4. The van der Waals surface area contributed by atoms with Crippen molar-refractivity contribution in [1.82, 2.24) is 15.5 Å². The lowest BCUT2D eigenvalue weighted by Gasteiger charge is -2.32. The summed E-state index contributed by atoms with van der Waals surface area (Å²) in [7, 11) is 0. The van der Waals surface area contributed by atoms with E-state index >= 15 is 0 Å². The zero-order valence-corrected chi connectivity index (χ0v) is 11.5. The highest BCUT2D eigenvalue weighted by molar-refractivity contribution is 5.85. The third kappa shape index (κ3) is 3.34. The van der Waals surface area contributed by atoms with Crippen LogP contribution < -0.4 is 5.32 Å². The summed E-state index contributed by atoms with van der Waals surface area (Å²) in [5.41, 5.74) is -0.907. The molecule has 0 aliphatic heterocycles. The topological polar surface area (TPSA) is 105 Å². The van der Waals surface area contributed by atoms with Crippen LogP contribution in [0.2, 0.25) is 0 Å². The van der Waals surface area contributed by atoms with Crippen LogP contribution in [0.25, 0.3) is 0 Å². The van der Waals surface area contributed by atoms with Crippen molar-refractivity contribution < 1.29 is 19.2 Å². The van der Waals surface area contributed by atoms with Crippen LogP contribution in [0, 0.1) is 12.3 Å². The van der Waals surface area contributed by atoms with Gasteiger partial charge in [0.05, 0.1) is 12.0 Å². The smallest absolute Gasteiger partial charge is 0.310 e. The number of carbonyl (C=O) groups is 2. The zero-order chi connectivity index (χ0) is 14.6. The Kier molecular flexibility index (Phi) is 4.36. The summed E-state index contributed by atoms with van der Waals surface area (Å²) in [6, 6.07) is 0. The van der Waals surface area contributed by atoms with E-state index in [1.165, 1.54) is 0 Å². The Morgan fingerprint density at radius 3 is 2.60 bits per heavy atom. The van der Waals surface area contributed by atoms with Gasteiger partial charge in [-0.25, -0.2) is 0 Å². The van der Waals surface area contributed by atoms with Gasteiger partial charge in [0.2, 0.25) is 11.8 Å². The molecule has 0 spiro atoms. The molecule has 1 aliphatic rings. The second kappa shape index (κ2) is 6.02. The molecular weight excluding hydrogens is 262 g/mol. The number of nitrogens with zero attached hydrogens (tertiary/aromatic N) is 2. The average Bonchev–Trinajstić information content (AvgIpc) is 2.83. The molecule has 20 heavy (non-hydrogen) atoms. The van der Waals surface area contributed by atoms with Crippen molar-refractivity contribution >= 4 is 11.9 Å². The standard InChI is InChI=1S/C13H19N3O4/c1-9-15-10(16-20-9)8-14-11(17)7-13(12(18)19)5-3-2-4-6-13/h2-8H2,1H3,(H,14,17)(H,18,19). The number of carbonyl (C=O) groups excluding carboxylic acids is 1. The molecule has 1 amide bonds. The highest BCUT2D eigenvalue weighted by Crippen LogP contribution is 2.39. The Hall–Kier alpha value is -1.92. The van der Waals surface area contributed by atoms with Gasteiger partial charge in [-0.15, -0.1) is 0 Å². The maximum absolute atomic E-state index is 11.9. The van der Waals surface area contributed by atoms with E-state index in [1.807, 2.05) is 0 Å². The first-order valence-corrected chi connectivity index (χ1v) is 6.81. The van der Waals surface area contributed by atoms with Crippen LogP contribution in [0.5, 0.6) is 0 Å². The van der Waals surface area contributed by atoms with E-state index in [9.17, 15) is 14.7 Å². The Balaban J connectivity index is 1.90. The number of aliphatic carboxylic acids is 1. The lowest BCUT2D eigenvalue weighted by atomic mass is 9.71. The van der Waals surface area contributed by atoms with Crippen LogP contribution in [0.1, 0.15) is 50.2 Å². The molecule has 7 nitrogen and oxygen atoms in total. The number of rotatable bonds is 5. The fourth-order valence-electron chi connectivity index (χ4n) is 2.66. The van der Waals surface area contributed by atoms with Gasteiger partial charge in [-0.2, -0.15) is 4.98 Å². The minimum Gasteiger partial charge on any atom is -0.481 e. The fourth-order valence-corrected chi connectivity index (χ4v) is 2.66. The second-order valence-electron chi connectivity index (χ2n) is 5.33. The average molecular weight is 281 g/mol. The molecule has 110 valence electrons. The third-order valence-corrected chi connectivity index (χ3v) is 3.78. The van der Waals surface area contributed by atoms with Gasteiger partial charge >= 0.3 is 5.97 Å². The number of carboxylic acid groups (broad SMARTS) is 1. The number of hydrogen-bond donors (Lipinski definition) is 2. The van der Waals surface area contributed by atoms with Gasteiger partial charge in [0.1, 0.15) is 0 Å². The van der Waals surface area contributed by atoms with Gasteiger partial charge in [-0.1, -0.05) is 24.4 Å². The minimum atomic E-state index is -0.907. The minimum absolute atomic E-state index is 0.0131. The number of aromatic nitrogens is 2. The first-order valence-electron chi connectivity index (χ1n) is 6.81. The summed E-state index contributed by atoms with van der Waals surface area (Å²) in [5.74, 6) is -0.327. The highest BCUT2D eigenvalue weighted by atomic mass is 16.5. The Morgan fingerprint density at radius 2 is 2.05 bits per heavy atom. The summed E-state index contributed by atoms with van der Waals surface area (Å²) in [5, 5.41) is 15.7. The van der Waals surface area contributed by atoms with Crippen LogP contribution in [0.3, 0.4) is 0 Å². The Morgan fingerprint density at radius 1 is 1.35 bits per heavy atom. The SMILES string of the molecule is Cc1nc(CNC(=O)CC2(C(=O)O)CCCCC2)no1. The van der Waals surface area contributed by atoms with E-state index in [-0.39, 0.29) is 18.9 Å². The molecule has 0 aromatic carbocycles. The van der Waals surface area contributed by atoms with Crippen molar-refractivity contribution in [1.29, 1.82) is 0 Å². The Bertz CT molecular complexity index is 492. The first kappa shape index (κ1) is 14.5. The quantitative estimate of drug-likeness (QED) is 0.845. The largest absolute Gasteiger partial charge is 0.481 e. The molecule has 7 heteroatoms. The van der Waals surface area contributed by atoms with Gasteiger partial charge < -0.3 is 14.9 Å². The molecule has 1 fully saturated rings. The van der Waals surface area contributed by atoms with E-state index in [1.54, 1.807) is 6.92 Å². The van der Waals surface area contributed by atoms with Crippen LogP contribution in [0.4, 0.5) is 0 Å². The molecule has 1 aromatic heterocycles. The molecule has 0 saturated heterocycles. The maximum atomic E-state index is 11.9. The van der Waals surface area contributed by atoms with Crippen LogP contribution >= 0.6 is 0 Å². The van der Waals surface area contributed by atoms with Crippen molar-refractivity contribution in [3.05, 3.63) is 11.7 Å². The first-order chi connectivity index (χ1) is 9.52. The van der Waals surface area contributed by atoms with Crippen molar-refractivity contribution in [3.8, 4) is 0 Å². The third-order valence-electron chi connectivity index (χ3n) is 3.78. The van der Waals surface area contributed by atoms with Crippen LogP contribution in [-0.4, -0.2) is 27.1 Å². The lowest BCUT2D eigenvalue weighted by Crippen LogP contribution is -2.39. The molecule has 1 saturated carbocycles. The van der Waals surface area contributed by atoms with E-state index in [0.717, 1.165) is 19.3 Å². The van der Waals surface area contributed by atoms with Crippen molar-refractivity contribution in [2.75, 3.05) is 0 Å². The molecule has 2 rings (SSSR count). The molecule has 2 N–H and O–H groups in total. The van der Waals surface area contributed by atoms with E-state index < -0.39 is 11.4 Å². The number of aryl methyl sites for hydroxylation is 1. The van der Waals surface area contributed by atoms with E-state index in [0.29, 0.717) is 24.6 Å². The fraction of sp³-hybridized carbons (Fsp3) is 0.692. The second-order valence-corrected chi connectivity index (χ2v) is 5.33. The predicted molar refractivity (Wildman–Crippen MR) is 68.7 cm³/mol. The molecule has 0 bridgehead atoms. The number of hydrogen-bond acceptors (Lipinski definition) is 5. The van der Waals surface area contributed by atoms with Crippen LogP contribution in [-0.2, 0) is 16.1 Å². The number of carboxylic acids is 1. The van der Waals surface area contributed by atoms with Gasteiger partial charge in [0.15, 0.2) is 5.82 Å². The number of amides is 1. The van der Waals surface area contributed by atoms with Gasteiger partial charge in [-0.3, -0.25) is 9.59 Å². The van der Waals surface area contributed by atoms with Crippen LogP contribution in [0.15, 0.2) is 4.52 Å². The van der Waals surface area contributed by atoms with Gasteiger partial charge in [0, 0.05) is 13.3 Å². The predicted octanol–water partition coefficient (Wildman–Crippen LogP) is 1.42. The molecule has 0 unspecified atom stereocenters. The number of nitrogens with one attached hydrogen (secondary N) is 1. The van der Waals surface area contributed by atoms with E-state index in [4.69, 9.17) is 4.52 Å². The Labute approximate surface area is 116 Å². The van der Waals surface area contributed by atoms with E-state index in [2.05, 4.69) is 15.5 Å². The monoisotopic (exact) mass is 281 g/mol. The lowest BCUT2D eigenvalue weighted by molar-refractivity contribution is -0.154. The molecule has 1 heterocycles.